The fourth-order valence-electron chi connectivity index (χ4n) is 3.66. The summed E-state index contributed by atoms with van der Waals surface area (Å²) in [5, 5.41) is 3.43. The molecule has 3 rings (SSSR count). The van der Waals surface area contributed by atoms with Crippen LogP contribution in [-0.4, -0.2) is 23.5 Å². The van der Waals surface area contributed by atoms with E-state index in [2.05, 4.69) is 19.2 Å². The van der Waals surface area contributed by atoms with E-state index in [9.17, 15) is 4.79 Å². The number of rotatable bonds is 3. The standard InChI is InChI=1S/C17H24N2O/c1-12-8-9-14(10-12)11-19-13(2)18-16(17(19)20)15-6-4-3-5-7-15/h3-7,12-14,16,18H,8-11H2,1-2H3. The van der Waals surface area contributed by atoms with Crippen LogP contribution in [0.1, 0.15) is 44.7 Å². The Morgan fingerprint density at radius 2 is 1.95 bits per heavy atom. The highest BCUT2D eigenvalue weighted by Crippen LogP contribution is 2.33. The molecule has 20 heavy (non-hydrogen) atoms. The molecule has 3 heteroatoms. The first-order chi connectivity index (χ1) is 9.65. The first-order valence-corrected chi connectivity index (χ1v) is 7.76. The maximum Gasteiger partial charge on any atom is 0.245 e. The van der Waals surface area contributed by atoms with Gasteiger partial charge in [0.25, 0.3) is 0 Å². The normalized spacial score (nSPS) is 33.9. The van der Waals surface area contributed by atoms with Gasteiger partial charge in [-0.2, -0.15) is 0 Å². The van der Waals surface area contributed by atoms with Crippen molar-refractivity contribution >= 4 is 5.91 Å². The zero-order valence-corrected chi connectivity index (χ0v) is 12.4. The van der Waals surface area contributed by atoms with Crippen molar-refractivity contribution in [3.63, 3.8) is 0 Å². The van der Waals surface area contributed by atoms with Crippen molar-refractivity contribution in [3.8, 4) is 0 Å². The molecule has 1 aromatic carbocycles. The van der Waals surface area contributed by atoms with Gasteiger partial charge in [0.2, 0.25) is 5.91 Å². The summed E-state index contributed by atoms with van der Waals surface area (Å²) < 4.78 is 0. The molecule has 1 aliphatic heterocycles. The van der Waals surface area contributed by atoms with E-state index in [4.69, 9.17) is 0 Å². The number of nitrogens with one attached hydrogen (secondary N) is 1. The highest BCUT2D eigenvalue weighted by atomic mass is 16.2. The first-order valence-electron chi connectivity index (χ1n) is 7.76. The van der Waals surface area contributed by atoms with Crippen LogP contribution in [0.15, 0.2) is 30.3 Å². The molecule has 4 atom stereocenters. The van der Waals surface area contributed by atoms with E-state index in [1.165, 1.54) is 19.3 Å². The van der Waals surface area contributed by atoms with Crippen LogP contribution < -0.4 is 5.32 Å². The molecule has 1 N–H and O–H groups in total. The zero-order chi connectivity index (χ0) is 14.1. The summed E-state index contributed by atoms with van der Waals surface area (Å²) in [4.78, 5) is 14.7. The van der Waals surface area contributed by atoms with Crippen molar-refractivity contribution in [2.45, 2.75) is 45.3 Å². The quantitative estimate of drug-likeness (QED) is 0.917. The van der Waals surface area contributed by atoms with Crippen molar-refractivity contribution in [1.82, 2.24) is 10.2 Å². The molecular formula is C17H24N2O. The number of carbonyl (C=O) groups excluding carboxylic acids is 1. The van der Waals surface area contributed by atoms with E-state index in [1.807, 2.05) is 35.2 Å². The third kappa shape index (κ3) is 2.59. The van der Waals surface area contributed by atoms with E-state index in [0.29, 0.717) is 5.92 Å². The minimum Gasteiger partial charge on any atom is -0.325 e. The predicted octanol–water partition coefficient (Wildman–Crippen LogP) is 2.94. The lowest BCUT2D eigenvalue weighted by Crippen LogP contribution is -2.37. The van der Waals surface area contributed by atoms with Gasteiger partial charge in [0.05, 0.1) is 6.17 Å². The molecular weight excluding hydrogens is 248 g/mol. The second-order valence-corrected chi connectivity index (χ2v) is 6.46. The van der Waals surface area contributed by atoms with Crippen LogP contribution in [0.5, 0.6) is 0 Å². The molecule has 1 aliphatic carbocycles. The zero-order valence-electron chi connectivity index (χ0n) is 12.4. The SMILES string of the molecule is CC1CCC(CN2C(=O)C(c3ccccc3)NC2C)C1. The molecule has 4 unspecified atom stereocenters. The Labute approximate surface area is 121 Å². The summed E-state index contributed by atoms with van der Waals surface area (Å²) in [7, 11) is 0. The molecule has 1 saturated heterocycles. The van der Waals surface area contributed by atoms with E-state index in [-0.39, 0.29) is 18.1 Å². The summed E-state index contributed by atoms with van der Waals surface area (Å²) >= 11 is 0. The van der Waals surface area contributed by atoms with Gasteiger partial charge in [-0.3, -0.25) is 10.1 Å². The van der Waals surface area contributed by atoms with Gasteiger partial charge < -0.3 is 4.90 Å². The highest BCUT2D eigenvalue weighted by Gasteiger charge is 2.38. The molecule has 0 spiro atoms. The Morgan fingerprint density at radius 1 is 1.20 bits per heavy atom. The fraction of sp³-hybridized carbons (Fsp3) is 0.588. The number of nitrogens with zero attached hydrogens (tertiary/aromatic N) is 1. The maximum absolute atomic E-state index is 12.6. The summed E-state index contributed by atoms with van der Waals surface area (Å²) in [6.45, 7) is 5.33. The molecule has 0 bridgehead atoms. The van der Waals surface area contributed by atoms with Crippen LogP contribution in [0.3, 0.4) is 0 Å². The van der Waals surface area contributed by atoms with Crippen molar-refractivity contribution < 1.29 is 4.79 Å². The summed E-state index contributed by atoms with van der Waals surface area (Å²) in [6.07, 6.45) is 4.00. The monoisotopic (exact) mass is 272 g/mol. The van der Waals surface area contributed by atoms with E-state index >= 15 is 0 Å². The fourth-order valence-corrected chi connectivity index (χ4v) is 3.66. The smallest absolute Gasteiger partial charge is 0.245 e. The van der Waals surface area contributed by atoms with E-state index in [1.54, 1.807) is 0 Å². The molecule has 0 radical (unpaired) electrons. The lowest BCUT2D eigenvalue weighted by molar-refractivity contribution is -0.130. The molecule has 2 fully saturated rings. The van der Waals surface area contributed by atoms with Crippen molar-refractivity contribution in [1.29, 1.82) is 0 Å². The van der Waals surface area contributed by atoms with Gasteiger partial charge in [0.15, 0.2) is 0 Å². The highest BCUT2D eigenvalue weighted by molar-refractivity contribution is 5.85. The summed E-state index contributed by atoms with van der Waals surface area (Å²) in [5.41, 5.74) is 1.08. The van der Waals surface area contributed by atoms with Crippen LogP contribution in [0.25, 0.3) is 0 Å². The number of hydrogen-bond donors (Lipinski definition) is 1. The Morgan fingerprint density at radius 3 is 2.60 bits per heavy atom. The van der Waals surface area contributed by atoms with Gasteiger partial charge in [-0.25, -0.2) is 0 Å². The molecule has 0 aromatic heterocycles. The minimum atomic E-state index is -0.162. The van der Waals surface area contributed by atoms with Crippen molar-refractivity contribution in [2.24, 2.45) is 11.8 Å². The van der Waals surface area contributed by atoms with Crippen molar-refractivity contribution in [3.05, 3.63) is 35.9 Å². The van der Waals surface area contributed by atoms with Crippen LogP contribution in [0, 0.1) is 11.8 Å². The second kappa shape index (κ2) is 5.57. The van der Waals surface area contributed by atoms with Crippen LogP contribution in [0.4, 0.5) is 0 Å². The predicted molar refractivity (Wildman–Crippen MR) is 80.0 cm³/mol. The third-order valence-corrected chi connectivity index (χ3v) is 4.80. The topological polar surface area (TPSA) is 32.3 Å². The number of carbonyl (C=O) groups is 1. The lowest BCUT2D eigenvalue weighted by atomic mass is 10.0. The first kappa shape index (κ1) is 13.6. The molecule has 1 saturated carbocycles. The van der Waals surface area contributed by atoms with Gasteiger partial charge in [0.1, 0.15) is 6.04 Å². The summed E-state index contributed by atoms with van der Waals surface area (Å²) in [5.74, 6) is 1.75. The lowest BCUT2D eigenvalue weighted by Gasteiger charge is -2.24. The largest absolute Gasteiger partial charge is 0.325 e. The molecule has 1 amide bonds. The van der Waals surface area contributed by atoms with Gasteiger partial charge >= 0.3 is 0 Å². The number of benzene rings is 1. The average Bonchev–Trinajstić information content (AvgIpc) is 2.98. The van der Waals surface area contributed by atoms with Crippen molar-refractivity contribution in [2.75, 3.05) is 6.54 Å². The molecule has 1 aromatic rings. The summed E-state index contributed by atoms with van der Waals surface area (Å²) in [6, 6.07) is 9.88. The third-order valence-electron chi connectivity index (χ3n) is 4.80. The number of amides is 1. The average molecular weight is 272 g/mol. The molecule has 3 nitrogen and oxygen atoms in total. The van der Waals surface area contributed by atoms with Gasteiger partial charge in [-0.1, -0.05) is 43.7 Å². The van der Waals surface area contributed by atoms with E-state index in [0.717, 1.165) is 18.0 Å². The molecule has 108 valence electrons. The minimum absolute atomic E-state index is 0.142. The van der Waals surface area contributed by atoms with Gasteiger partial charge in [-0.05, 0) is 37.2 Å². The van der Waals surface area contributed by atoms with E-state index < -0.39 is 0 Å². The van der Waals surface area contributed by atoms with Crippen LogP contribution in [-0.2, 0) is 4.79 Å². The Bertz CT molecular complexity index is 473. The van der Waals surface area contributed by atoms with Gasteiger partial charge in [0, 0.05) is 6.54 Å². The Kier molecular flexibility index (Phi) is 3.79. The van der Waals surface area contributed by atoms with Crippen LogP contribution >= 0.6 is 0 Å². The Balaban J connectivity index is 1.69. The number of hydrogen-bond acceptors (Lipinski definition) is 2. The molecule has 1 heterocycles. The van der Waals surface area contributed by atoms with Gasteiger partial charge in [-0.15, -0.1) is 0 Å². The van der Waals surface area contributed by atoms with Crippen LogP contribution in [0.2, 0.25) is 0 Å². The second-order valence-electron chi connectivity index (χ2n) is 6.46. The maximum atomic E-state index is 12.6. The Hall–Kier alpha value is -1.35. The molecule has 2 aliphatic rings.